The topological polar surface area (TPSA) is 123 Å². The lowest BCUT2D eigenvalue weighted by Gasteiger charge is -2.06. The largest absolute Gasteiger partial charge is 0.436 e. The van der Waals surface area contributed by atoms with Crippen LogP contribution in [0.15, 0.2) is 118 Å². The maximum Gasteiger partial charge on any atom is 0.416 e. The van der Waals surface area contributed by atoms with E-state index in [0.717, 1.165) is 121 Å². The van der Waals surface area contributed by atoms with Crippen LogP contribution >= 0.6 is 23.5 Å². The summed E-state index contributed by atoms with van der Waals surface area (Å²) in [6.07, 6.45) is 11.0. The molecule has 73 heavy (non-hydrogen) atoms. The quantitative estimate of drug-likeness (QED) is 0.0424. The van der Waals surface area contributed by atoms with Crippen LogP contribution < -0.4 is 0 Å². The number of hydrogen-bond acceptors (Lipinski definition) is 11. The summed E-state index contributed by atoms with van der Waals surface area (Å²) in [5, 5.41) is 16.9. The highest BCUT2D eigenvalue weighted by atomic mass is 32.2. The normalized spacial score (nSPS) is 12.3. The smallest absolute Gasteiger partial charge is 0.416 e. The first-order valence-corrected chi connectivity index (χ1v) is 26.3. The molecule has 0 N–H and O–H groups in total. The molecule has 4 heterocycles. The van der Waals surface area contributed by atoms with Crippen LogP contribution in [0.3, 0.4) is 0 Å². The maximum absolute atomic E-state index is 13.2. The first-order valence-electron chi connectivity index (χ1n) is 23.5. The number of alkyl halides is 6. The maximum atomic E-state index is 13.2. The molecule has 0 aliphatic rings. The van der Waals surface area contributed by atoms with E-state index in [-0.39, 0.29) is 25.0 Å². The van der Waals surface area contributed by atoms with Crippen molar-refractivity contribution >= 4 is 47.8 Å². The number of hydrogen-bond donors (Lipinski definition) is 0. The third-order valence-corrected chi connectivity index (χ3v) is 12.8. The minimum absolute atomic E-state index is 0.00884. The summed E-state index contributed by atoms with van der Waals surface area (Å²) in [7, 11) is 0. The van der Waals surface area contributed by atoms with Gasteiger partial charge < -0.3 is 13.6 Å². The lowest BCUT2D eigenvalue weighted by atomic mass is 10.0. The highest BCUT2D eigenvalue weighted by Crippen LogP contribution is 2.33. The Morgan fingerprint density at radius 3 is 1.29 bits per heavy atom. The van der Waals surface area contributed by atoms with Gasteiger partial charge in [0.2, 0.25) is 11.8 Å². The zero-order valence-corrected chi connectivity index (χ0v) is 41.7. The molecule has 0 aliphatic carbocycles. The number of unbranched alkanes of at least 4 members (excludes halogenated alkanes) is 2. The Balaban J connectivity index is 0.983. The Bertz CT molecular complexity index is 2850. The van der Waals surface area contributed by atoms with Gasteiger partial charge in [-0.3, -0.25) is 9.36 Å². The molecule has 4 aromatic heterocycles. The number of oxazole rings is 2. The summed E-state index contributed by atoms with van der Waals surface area (Å²) in [6, 6.07) is 25.6. The van der Waals surface area contributed by atoms with Crippen LogP contribution in [0.1, 0.15) is 93.6 Å². The predicted octanol–water partition coefficient (Wildman–Crippen LogP) is 14.0. The molecule has 19 heteroatoms. The van der Waals surface area contributed by atoms with Crippen LogP contribution in [0.2, 0.25) is 0 Å². The van der Waals surface area contributed by atoms with Crippen molar-refractivity contribution in [3.05, 3.63) is 177 Å². The minimum atomic E-state index is -4.45. The standard InChI is InChI=1S/C54H52F6N8O3S2/c1-72-35-45-31-67(65-63-45)29-5-3-7-37-9-19-41(20-10-37)51-47(61-49(70-51)27-17-39-13-23-43(24-14-39)53(55,56)57)33-69-34-48-52(71-50(62-48)28-18-40-15-25-44(26-16-40)54(58,59)60)42-21-11-38(12-22-42)8-4-6-30-68-32-46(36-73-2)64-66-68/h9-28,31-32H,3-8,29-30,33-36H2,1-2H3/b27-17+,28-18+. The number of aryl methyl sites for hydroxylation is 4. The number of rotatable bonds is 24. The van der Waals surface area contributed by atoms with Gasteiger partial charge in [-0.25, -0.2) is 9.97 Å². The van der Waals surface area contributed by atoms with Gasteiger partial charge in [0.05, 0.1) is 35.7 Å². The molecule has 0 spiro atoms. The van der Waals surface area contributed by atoms with Gasteiger partial charge in [-0.1, -0.05) is 83.2 Å². The summed E-state index contributed by atoms with van der Waals surface area (Å²) in [4.78, 5) is 9.49. The molecule has 0 saturated carbocycles. The lowest BCUT2D eigenvalue weighted by Crippen LogP contribution is -2.03. The number of nitrogens with zero attached hydrogens (tertiary/aromatic N) is 8. The number of thioether (sulfide) groups is 2. The van der Waals surface area contributed by atoms with Gasteiger partial charge in [-0.15, -0.1) is 10.2 Å². The van der Waals surface area contributed by atoms with Crippen LogP contribution in [-0.4, -0.2) is 52.5 Å². The fourth-order valence-electron chi connectivity index (χ4n) is 7.85. The van der Waals surface area contributed by atoms with E-state index in [2.05, 4.69) is 20.6 Å². The van der Waals surface area contributed by atoms with Crippen LogP contribution in [0.25, 0.3) is 47.0 Å². The van der Waals surface area contributed by atoms with E-state index >= 15 is 0 Å². The third kappa shape index (κ3) is 15.2. The van der Waals surface area contributed by atoms with Crippen molar-refractivity contribution in [3.8, 4) is 22.6 Å². The summed E-state index contributed by atoms with van der Waals surface area (Å²) in [5.41, 5.74) is 6.24. The van der Waals surface area contributed by atoms with Gasteiger partial charge in [0, 0.05) is 60.3 Å². The van der Waals surface area contributed by atoms with Gasteiger partial charge in [0.25, 0.3) is 0 Å². The second-order valence-corrected chi connectivity index (χ2v) is 18.9. The van der Waals surface area contributed by atoms with Gasteiger partial charge in [0.1, 0.15) is 11.4 Å². The summed E-state index contributed by atoms with van der Waals surface area (Å²) < 4.78 is 102. The number of halogens is 6. The van der Waals surface area contributed by atoms with Gasteiger partial charge in [-0.05, 0) is 110 Å². The van der Waals surface area contributed by atoms with Crippen LogP contribution in [0.5, 0.6) is 0 Å². The molecule has 0 atom stereocenters. The average molecular weight is 1040 g/mol. The number of aromatic nitrogens is 8. The van der Waals surface area contributed by atoms with E-state index < -0.39 is 23.5 Å². The Morgan fingerprint density at radius 1 is 0.521 bits per heavy atom. The third-order valence-electron chi connectivity index (χ3n) is 11.6. The molecular weight excluding hydrogens is 987 g/mol. The van der Waals surface area contributed by atoms with Crippen molar-refractivity contribution in [3.63, 3.8) is 0 Å². The molecule has 0 unspecified atom stereocenters. The second kappa shape index (κ2) is 24.8. The molecule has 380 valence electrons. The second-order valence-electron chi connectivity index (χ2n) is 17.2. The van der Waals surface area contributed by atoms with Crippen molar-refractivity contribution in [2.75, 3.05) is 12.5 Å². The first-order chi connectivity index (χ1) is 35.3. The monoisotopic (exact) mass is 1040 g/mol. The predicted molar refractivity (Wildman–Crippen MR) is 273 cm³/mol. The van der Waals surface area contributed by atoms with Crippen LogP contribution in [-0.2, 0) is 67.7 Å². The molecule has 11 nitrogen and oxygen atoms in total. The highest BCUT2D eigenvalue weighted by Gasteiger charge is 2.31. The van der Waals surface area contributed by atoms with Crippen molar-refractivity contribution < 1.29 is 39.9 Å². The molecular formula is C54H52F6N8O3S2. The lowest BCUT2D eigenvalue weighted by molar-refractivity contribution is -0.138. The van der Waals surface area contributed by atoms with Crippen LogP contribution in [0.4, 0.5) is 26.3 Å². The fraction of sp³-hybridized carbons (Fsp3) is 0.296. The van der Waals surface area contributed by atoms with Crippen molar-refractivity contribution in [2.45, 2.75) is 88.7 Å². The van der Waals surface area contributed by atoms with E-state index in [1.165, 1.54) is 24.3 Å². The molecule has 0 saturated heterocycles. The summed E-state index contributed by atoms with van der Waals surface area (Å²) >= 11 is 3.41. The molecule has 4 aromatic carbocycles. The molecule has 0 radical (unpaired) electrons. The molecule has 0 bridgehead atoms. The van der Waals surface area contributed by atoms with Gasteiger partial charge >= 0.3 is 12.4 Å². The molecule has 0 fully saturated rings. The molecule has 0 amide bonds. The van der Waals surface area contributed by atoms with Gasteiger partial charge in [-0.2, -0.15) is 49.9 Å². The minimum Gasteiger partial charge on any atom is -0.436 e. The zero-order chi connectivity index (χ0) is 51.2. The van der Waals surface area contributed by atoms with Crippen LogP contribution in [0, 0.1) is 0 Å². The van der Waals surface area contributed by atoms with Crippen molar-refractivity contribution in [2.24, 2.45) is 0 Å². The Hall–Kier alpha value is -6.70. The average Bonchev–Trinajstić information content (AvgIpc) is 4.21. The van der Waals surface area contributed by atoms with Crippen molar-refractivity contribution in [1.29, 1.82) is 0 Å². The Morgan fingerprint density at radius 2 is 0.918 bits per heavy atom. The fourth-order valence-corrected chi connectivity index (χ4v) is 8.71. The Kier molecular flexibility index (Phi) is 17.9. The molecule has 0 aliphatic heterocycles. The van der Waals surface area contributed by atoms with E-state index in [0.29, 0.717) is 34.0 Å². The van der Waals surface area contributed by atoms with Crippen molar-refractivity contribution in [1.82, 2.24) is 40.0 Å². The summed E-state index contributed by atoms with van der Waals surface area (Å²) in [5.74, 6) is 3.02. The molecule has 8 aromatic rings. The van der Waals surface area contributed by atoms with E-state index in [9.17, 15) is 26.3 Å². The number of benzene rings is 4. The Labute approximate surface area is 427 Å². The SMILES string of the molecule is CSCc1cn(CCCCc2ccc(-c3oc(/C=C/c4ccc(C(F)(F)F)cc4)nc3COCc3nc(/C=C/c4ccc(C(F)(F)F)cc4)oc3-c3ccc(CCCCn4cc(CSC)nn4)cc3)cc2)nn1. The first kappa shape index (κ1) is 52.6. The van der Waals surface area contributed by atoms with E-state index in [4.69, 9.17) is 23.5 Å². The number of ether oxygens (including phenoxy) is 1. The van der Waals surface area contributed by atoms with Gasteiger partial charge in [0.15, 0.2) is 11.5 Å². The van der Waals surface area contributed by atoms with E-state index in [1.807, 2.05) is 82.8 Å². The summed E-state index contributed by atoms with van der Waals surface area (Å²) in [6.45, 7) is 1.54. The zero-order valence-electron chi connectivity index (χ0n) is 40.1. The molecule has 8 rings (SSSR count). The van der Waals surface area contributed by atoms with E-state index in [1.54, 1.807) is 47.8 Å². The highest BCUT2D eigenvalue weighted by molar-refractivity contribution is 7.98.